The maximum Gasteiger partial charge on any atom is 0.326 e. The van der Waals surface area contributed by atoms with Gasteiger partial charge in [-0.2, -0.15) is 0 Å². The van der Waals surface area contributed by atoms with Crippen LogP contribution in [0.4, 0.5) is 0 Å². The van der Waals surface area contributed by atoms with Gasteiger partial charge in [-0.25, -0.2) is 9.78 Å². The highest BCUT2D eigenvalue weighted by molar-refractivity contribution is 5.94. The lowest BCUT2D eigenvalue weighted by Gasteiger charge is -2.26. The number of amides is 3. The highest BCUT2D eigenvalue weighted by atomic mass is 16.4. The number of rotatable bonds is 17. The summed E-state index contributed by atoms with van der Waals surface area (Å²) >= 11 is 0. The molecule has 0 aliphatic carbocycles. The standard InChI is InChI=1S/C27H41N7O5/c1-17(2)12-22(26(37)34-23(27(38)39)13-18-8-4-3-5-9-18)33-25(36)21(10-6-7-11-28)32-24(35)20(29)14-19-15-30-16-31-19/h3-5,8-9,15-17,20-23H,6-7,10-14,28-29H2,1-2H3,(H,30,31)(H,32,35)(H,33,36)(H,34,37)(H,38,39). The Bertz CT molecular complexity index is 1050. The number of nitrogens with zero attached hydrogens (tertiary/aromatic N) is 1. The normalized spacial score (nSPS) is 14.2. The van der Waals surface area contributed by atoms with Crippen LogP contribution in [0.25, 0.3) is 0 Å². The van der Waals surface area contributed by atoms with Gasteiger partial charge in [-0.1, -0.05) is 44.2 Å². The topological polar surface area (TPSA) is 205 Å². The van der Waals surface area contributed by atoms with Crippen LogP contribution in [0.3, 0.4) is 0 Å². The fraction of sp³-hybridized carbons (Fsp3) is 0.519. The number of aromatic amines is 1. The summed E-state index contributed by atoms with van der Waals surface area (Å²) in [7, 11) is 0. The van der Waals surface area contributed by atoms with Gasteiger partial charge < -0.3 is 37.5 Å². The van der Waals surface area contributed by atoms with E-state index in [1.165, 1.54) is 6.33 Å². The highest BCUT2D eigenvalue weighted by Crippen LogP contribution is 2.10. The number of carbonyl (C=O) groups excluding carboxylic acids is 3. The Morgan fingerprint density at radius 3 is 2.15 bits per heavy atom. The zero-order valence-corrected chi connectivity index (χ0v) is 22.6. The van der Waals surface area contributed by atoms with Crippen LogP contribution in [0, 0.1) is 5.92 Å². The van der Waals surface area contributed by atoms with Gasteiger partial charge in [-0.05, 0) is 43.7 Å². The predicted octanol–water partition coefficient (Wildman–Crippen LogP) is 0.236. The first kappa shape index (κ1) is 31.4. The van der Waals surface area contributed by atoms with Crippen molar-refractivity contribution in [1.29, 1.82) is 0 Å². The molecule has 0 spiro atoms. The van der Waals surface area contributed by atoms with Crippen molar-refractivity contribution >= 4 is 23.7 Å². The fourth-order valence-corrected chi connectivity index (χ4v) is 4.06. The second-order valence-electron chi connectivity index (χ2n) is 10.0. The molecular weight excluding hydrogens is 502 g/mol. The average molecular weight is 544 g/mol. The quantitative estimate of drug-likeness (QED) is 0.137. The minimum atomic E-state index is -1.18. The van der Waals surface area contributed by atoms with Gasteiger partial charge in [0.1, 0.15) is 18.1 Å². The lowest BCUT2D eigenvalue weighted by atomic mass is 10.00. The molecule has 12 nitrogen and oxygen atoms in total. The highest BCUT2D eigenvalue weighted by Gasteiger charge is 2.30. The molecule has 3 amide bonds. The number of aromatic nitrogens is 2. The molecule has 2 rings (SSSR count). The third-order valence-corrected chi connectivity index (χ3v) is 6.15. The summed E-state index contributed by atoms with van der Waals surface area (Å²) in [5.41, 5.74) is 13.1. The van der Waals surface area contributed by atoms with Crippen molar-refractivity contribution in [2.24, 2.45) is 17.4 Å². The van der Waals surface area contributed by atoms with E-state index in [0.717, 1.165) is 5.56 Å². The maximum atomic E-state index is 13.3. The van der Waals surface area contributed by atoms with Crippen LogP contribution >= 0.6 is 0 Å². The van der Waals surface area contributed by atoms with E-state index in [1.807, 2.05) is 19.9 Å². The van der Waals surface area contributed by atoms with E-state index in [9.17, 15) is 24.3 Å². The minimum absolute atomic E-state index is 0.0200. The van der Waals surface area contributed by atoms with Gasteiger partial charge in [0.25, 0.3) is 0 Å². The van der Waals surface area contributed by atoms with Gasteiger partial charge in [-0.15, -0.1) is 0 Å². The molecule has 1 aromatic heterocycles. The SMILES string of the molecule is CC(C)CC(NC(=O)C(CCCCN)NC(=O)C(N)Cc1cnc[nH]1)C(=O)NC(Cc1ccccc1)C(=O)O. The summed E-state index contributed by atoms with van der Waals surface area (Å²) < 4.78 is 0. The molecule has 4 unspecified atom stereocenters. The molecule has 9 N–H and O–H groups in total. The van der Waals surface area contributed by atoms with Crippen LogP contribution in [0.5, 0.6) is 0 Å². The van der Waals surface area contributed by atoms with Gasteiger partial charge >= 0.3 is 5.97 Å². The molecule has 2 aromatic rings. The summed E-state index contributed by atoms with van der Waals surface area (Å²) in [4.78, 5) is 58.0. The number of nitrogens with two attached hydrogens (primary N) is 2. The summed E-state index contributed by atoms with van der Waals surface area (Å²) in [6.07, 6.45) is 5.15. The molecular formula is C27H41N7O5. The van der Waals surface area contributed by atoms with Crippen LogP contribution in [-0.4, -0.2) is 69.5 Å². The Hall–Kier alpha value is -3.77. The Kier molecular flexibility index (Phi) is 13.1. The fourth-order valence-electron chi connectivity index (χ4n) is 4.06. The Labute approximate surface area is 228 Å². The van der Waals surface area contributed by atoms with Crippen LogP contribution in [0.1, 0.15) is 50.8 Å². The number of benzene rings is 1. The number of imidazole rings is 1. The van der Waals surface area contributed by atoms with Crippen molar-refractivity contribution in [2.45, 2.75) is 76.5 Å². The summed E-state index contributed by atoms with van der Waals surface area (Å²) in [5.74, 6) is -2.84. The van der Waals surface area contributed by atoms with Crippen LogP contribution in [0.15, 0.2) is 42.9 Å². The van der Waals surface area contributed by atoms with E-state index in [4.69, 9.17) is 11.5 Å². The molecule has 39 heavy (non-hydrogen) atoms. The van der Waals surface area contributed by atoms with Crippen molar-refractivity contribution in [3.63, 3.8) is 0 Å². The summed E-state index contributed by atoms with van der Waals surface area (Å²) in [6.45, 7) is 4.21. The zero-order chi connectivity index (χ0) is 28.8. The Morgan fingerprint density at radius 1 is 0.923 bits per heavy atom. The first-order valence-corrected chi connectivity index (χ1v) is 13.2. The van der Waals surface area contributed by atoms with E-state index >= 15 is 0 Å². The van der Waals surface area contributed by atoms with Gasteiger partial charge in [-0.3, -0.25) is 14.4 Å². The molecule has 0 radical (unpaired) electrons. The molecule has 12 heteroatoms. The maximum absolute atomic E-state index is 13.3. The lowest BCUT2D eigenvalue weighted by molar-refractivity contribution is -0.142. The van der Waals surface area contributed by atoms with Crippen LogP contribution in [-0.2, 0) is 32.0 Å². The largest absolute Gasteiger partial charge is 0.480 e. The third-order valence-electron chi connectivity index (χ3n) is 6.15. The number of H-pyrrole nitrogens is 1. The number of nitrogens with one attached hydrogen (secondary N) is 4. The number of carboxylic acid groups (broad SMARTS) is 1. The smallest absolute Gasteiger partial charge is 0.326 e. The van der Waals surface area contributed by atoms with Gasteiger partial charge in [0.2, 0.25) is 17.7 Å². The first-order chi connectivity index (χ1) is 18.6. The van der Waals surface area contributed by atoms with Crippen LogP contribution in [0.2, 0.25) is 0 Å². The second kappa shape index (κ2) is 16.2. The van der Waals surface area contributed by atoms with Gasteiger partial charge in [0, 0.05) is 24.7 Å². The van der Waals surface area contributed by atoms with E-state index in [0.29, 0.717) is 31.5 Å². The van der Waals surface area contributed by atoms with Crippen LogP contribution < -0.4 is 27.4 Å². The average Bonchev–Trinajstić information content (AvgIpc) is 3.40. The number of carbonyl (C=O) groups is 4. The first-order valence-electron chi connectivity index (χ1n) is 13.2. The summed E-state index contributed by atoms with van der Waals surface area (Å²) in [6, 6.07) is 4.92. The number of aliphatic carboxylic acids is 1. The lowest BCUT2D eigenvalue weighted by Crippen LogP contribution is -2.57. The number of hydrogen-bond acceptors (Lipinski definition) is 7. The van der Waals surface area contributed by atoms with E-state index < -0.39 is 47.9 Å². The van der Waals surface area contributed by atoms with E-state index in [1.54, 1.807) is 30.5 Å². The second-order valence-corrected chi connectivity index (χ2v) is 10.0. The van der Waals surface area contributed by atoms with Crippen molar-refractivity contribution in [3.05, 3.63) is 54.1 Å². The third kappa shape index (κ3) is 11.2. The van der Waals surface area contributed by atoms with Crippen molar-refractivity contribution in [3.8, 4) is 0 Å². The molecule has 0 bridgehead atoms. The van der Waals surface area contributed by atoms with Gasteiger partial charge in [0.05, 0.1) is 12.4 Å². The molecule has 214 valence electrons. The molecule has 0 aliphatic rings. The van der Waals surface area contributed by atoms with E-state index in [-0.39, 0.29) is 25.2 Å². The summed E-state index contributed by atoms with van der Waals surface area (Å²) in [5, 5.41) is 17.7. The van der Waals surface area contributed by atoms with Gasteiger partial charge in [0.15, 0.2) is 0 Å². The molecule has 0 aliphatic heterocycles. The Morgan fingerprint density at radius 2 is 1.56 bits per heavy atom. The molecule has 0 saturated heterocycles. The molecule has 0 saturated carbocycles. The molecule has 0 fully saturated rings. The molecule has 1 heterocycles. The monoisotopic (exact) mass is 543 g/mol. The Balaban J connectivity index is 2.11. The molecule has 4 atom stereocenters. The molecule has 1 aromatic carbocycles. The predicted molar refractivity (Wildman–Crippen MR) is 146 cm³/mol. The van der Waals surface area contributed by atoms with Crippen molar-refractivity contribution < 1.29 is 24.3 Å². The zero-order valence-electron chi connectivity index (χ0n) is 22.6. The minimum Gasteiger partial charge on any atom is -0.480 e. The van der Waals surface area contributed by atoms with E-state index in [2.05, 4.69) is 25.9 Å². The van der Waals surface area contributed by atoms with Crippen molar-refractivity contribution in [1.82, 2.24) is 25.9 Å². The number of carboxylic acids is 1. The number of unbranched alkanes of at least 4 members (excludes halogenated alkanes) is 1. The van der Waals surface area contributed by atoms with Crippen molar-refractivity contribution in [2.75, 3.05) is 6.54 Å². The number of hydrogen-bond donors (Lipinski definition) is 7.